The molecular formula is C16H21F3N2O3. The maximum Gasteiger partial charge on any atom is 0.420 e. The van der Waals surface area contributed by atoms with E-state index in [4.69, 9.17) is 9.47 Å². The number of hydrogen-bond acceptors (Lipinski definition) is 3. The minimum Gasteiger partial charge on any atom is -0.493 e. The summed E-state index contributed by atoms with van der Waals surface area (Å²) in [5.74, 6) is -0.0223. The van der Waals surface area contributed by atoms with Crippen LogP contribution < -0.4 is 15.4 Å². The van der Waals surface area contributed by atoms with Crippen LogP contribution in [0, 0.1) is 5.92 Å². The molecule has 1 aromatic carbocycles. The van der Waals surface area contributed by atoms with Gasteiger partial charge in [-0.25, -0.2) is 4.79 Å². The fourth-order valence-electron chi connectivity index (χ4n) is 2.49. The van der Waals surface area contributed by atoms with Crippen molar-refractivity contribution in [3.63, 3.8) is 0 Å². The molecule has 8 heteroatoms. The molecule has 2 amide bonds. The maximum atomic E-state index is 13.1. The highest BCUT2D eigenvalue weighted by Crippen LogP contribution is 2.37. The smallest absolute Gasteiger partial charge is 0.420 e. The molecule has 1 unspecified atom stereocenters. The molecule has 0 aromatic heterocycles. The number of carbonyl (C=O) groups is 1. The molecule has 1 fully saturated rings. The molecule has 0 saturated carbocycles. The zero-order chi connectivity index (χ0) is 17.6. The number of halogens is 3. The Balaban J connectivity index is 1.97. The Bertz CT molecular complexity index is 558. The average molecular weight is 346 g/mol. The number of hydrogen-bond donors (Lipinski definition) is 2. The predicted octanol–water partition coefficient (Wildman–Crippen LogP) is 3.65. The first-order valence-corrected chi connectivity index (χ1v) is 7.86. The van der Waals surface area contributed by atoms with E-state index in [-0.39, 0.29) is 24.0 Å². The molecular weight excluding hydrogens is 325 g/mol. The van der Waals surface area contributed by atoms with Crippen LogP contribution in [0.2, 0.25) is 0 Å². The topological polar surface area (TPSA) is 59.6 Å². The van der Waals surface area contributed by atoms with Crippen LogP contribution in [0.1, 0.15) is 25.3 Å². The van der Waals surface area contributed by atoms with E-state index in [0.717, 1.165) is 25.5 Å². The number of amides is 2. The Morgan fingerprint density at radius 3 is 2.83 bits per heavy atom. The van der Waals surface area contributed by atoms with E-state index in [1.165, 1.54) is 12.1 Å². The zero-order valence-electron chi connectivity index (χ0n) is 13.4. The van der Waals surface area contributed by atoms with E-state index in [9.17, 15) is 18.0 Å². The summed E-state index contributed by atoms with van der Waals surface area (Å²) in [6.07, 6.45) is -2.65. The molecule has 2 N–H and O–H groups in total. The Morgan fingerprint density at radius 2 is 2.21 bits per heavy atom. The molecule has 0 aliphatic carbocycles. The molecule has 1 heterocycles. The van der Waals surface area contributed by atoms with E-state index >= 15 is 0 Å². The largest absolute Gasteiger partial charge is 0.493 e. The lowest BCUT2D eigenvalue weighted by molar-refractivity contribution is -0.138. The normalized spacial score (nSPS) is 18.1. The summed E-state index contributed by atoms with van der Waals surface area (Å²) in [4.78, 5) is 11.9. The summed E-state index contributed by atoms with van der Waals surface area (Å²) in [7, 11) is 0. The van der Waals surface area contributed by atoms with E-state index in [0.29, 0.717) is 13.2 Å². The van der Waals surface area contributed by atoms with Crippen molar-refractivity contribution in [2.45, 2.75) is 25.9 Å². The van der Waals surface area contributed by atoms with Gasteiger partial charge in [-0.05, 0) is 43.9 Å². The van der Waals surface area contributed by atoms with Crippen LogP contribution >= 0.6 is 0 Å². The van der Waals surface area contributed by atoms with Gasteiger partial charge in [-0.15, -0.1) is 0 Å². The van der Waals surface area contributed by atoms with Gasteiger partial charge in [0.25, 0.3) is 0 Å². The maximum absolute atomic E-state index is 13.1. The highest BCUT2D eigenvalue weighted by atomic mass is 19.4. The van der Waals surface area contributed by atoms with Gasteiger partial charge in [0, 0.05) is 18.8 Å². The number of ether oxygens (including phenoxy) is 2. The summed E-state index contributed by atoms with van der Waals surface area (Å²) < 4.78 is 49.5. The molecule has 0 radical (unpaired) electrons. The number of benzene rings is 1. The summed E-state index contributed by atoms with van der Waals surface area (Å²) in [5, 5.41) is 5.07. The number of nitrogens with one attached hydrogen (secondary N) is 2. The predicted molar refractivity (Wildman–Crippen MR) is 83.2 cm³/mol. The van der Waals surface area contributed by atoms with Crippen molar-refractivity contribution < 1.29 is 27.4 Å². The molecule has 1 aliphatic rings. The third kappa shape index (κ3) is 5.30. The van der Waals surface area contributed by atoms with Gasteiger partial charge >= 0.3 is 12.2 Å². The molecule has 0 spiro atoms. The van der Waals surface area contributed by atoms with Gasteiger partial charge in [-0.1, -0.05) is 0 Å². The van der Waals surface area contributed by atoms with Crippen molar-refractivity contribution in [2.75, 3.05) is 31.7 Å². The van der Waals surface area contributed by atoms with Crippen molar-refractivity contribution in [3.8, 4) is 5.75 Å². The lowest BCUT2D eigenvalue weighted by Gasteiger charge is -2.22. The van der Waals surface area contributed by atoms with Crippen molar-refractivity contribution in [1.82, 2.24) is 5.32 Å². The molecule has 1 atom stereocenters. The van der Waals surface area contributed by atoms with Crippen LogP contribution in [0.5, 0.6) is 5.75 Å². The lowest BCUT2D eigenvalue weighted by Crippen LogP contribution is -2.35. The van der Waals surface area contributed by atoms with Crippen LogP contribution in [-0.2, 0) is 10.9 Å². The Kier molecular flexibility index (Phi) is 6.30. The number of rotatable bonds is 5. The van der Waals surface area contributed by atoms with Crippen LogP contribution in [0.4, 0.5) is 23.7 Å². The number of alkyl halides is 3. The van der Waals surface area contributed by atoms with Crippen molar-refractivity contribution in [2.24, 2.45) is 5.92 Å². The van der Waals surface area contributed by atoms with Gasteiger partial charge in [0.2, 0.25) is 0 Å². The second-order valence-electron chi connectivity index (χ2n) is 5.56. The van der Waals surface area contributed by atoms with Crippen LogP contribution in [0.3, 0.4) is 0 Å². The molecule has 134 valence electrons. The molecule has 2 rings (SSSR count). The fraction of sp³-hybridized carbons (Fsp3) is 0.562. The SMILES string of the molecule is CCOc1ccc(NC(=O)NCC2CCCOC2)cc1C(F)(F)F. The monoisotopic (exact) mass is 346 g/mol. The zero-order valence-corrected chi connectivity index (χ0v) is 13.4. The quantitative estimate of drug-likeness (QED) is 0.855. The summed E-state index contributed by atoms with van der Waals surface area (Å²) in [5.41, 5.74) is -0.856. The minimum atomic E-state index is -4.56. The van der Waals surface area contributed by atoms with Crippen LogP contribution in [0.25, 0.3) is 0 Å². The van der Waals surface area contributed by atoms with E-state index in [2.05, 4.69) is 10.6 Å². The van der Waals surface area contributed by atoms with Crippen molar-refractivity contribution in [1.29, 1.82) is 0 Å². The summed E-state index contributed by atoms with van der Waals surface area (Å²) in [6, 6.07) is 2.91. The van der Waals surface area contributed by atoms with Gasteiger partial charge in [-0.3, -0.25) is 0 Å². The summed E-state index contributed by atoms with van der Waals surface area (Å²) >= 11 is 0. The van der Waals surface area contributed by atoms with Crippen molar-refractivity contribution in [3.05, 3.63) is 23.8 Å². The van der Waals surface area contributed by atoms with Gasteiger partial charge < -0.3 is 20.1 Å². The first-order chi connectivity index (χ1) is 11.4. The van der Waals surface area contributed by atoms with E-state index in [1.807, 2.05) is 0 Å². The number of urea groups is 1. The number of carbonyl (C=O) groups excluding carboxylic acids is 1. The molecule has 24 heavy (non-hydrogen) atoms. The second kappa shape index (κ2) is 8.23. The van der Waals surface area contributed by atoms with Gasteiger partial charge in [0.1, 0.15) is 5.75 Å². The van der Waals surface area contributed by atoms with E-state index in [1.54, 1.807) is 6.92 Å². The van der Waals surface area contributed by atoms with Crippen molar-refractivity contribution >= 4 is 11.7 Å². The average Bonchev–Trinajstić information content (AvgIpc) is 2.54. The Labute approximate surface area is 138 Å². The molecule has 1 aromatic rings. The third-order valence-corrected chi connectivity index (χ3v) is 3.65. The van der Waals surface area contributed by atoms with Gasteiger partial charge in [0.15, 0.2) is 0 Å². The molecule has 0 bridgehead atoms. The minimum absolute atomic E-state index is 0.0585. The summed E-state index contributed by atoms with van der Waals surface area (Å²) in [6.45, 7) is 3.47. The number of anilines is 1. The third-order valence-electron chi connectivity index (χ3n) is 3.65. The standard InChI is InChI=1S/C16H21F3N2O3/c1-2-24-14-6-5-12(8-13(14)16(17,18)19)21-15(22)20-9-11-4-3-7-23-10-11/h5-6,8,11H,2-4,7,9-10H2,1H3,(H2,20,21,22). The van der Waals surface area contributed by atoms with Crippen LogP contribution in [0.15, 0.2) is 18.2 Å². The Hall–Kier alpha value is -1.96. The first kappa shape index (κ1) is 18.4. The molecule has 5 nitrogen and oxygen atoms in total. The molecule has 1 saturated heterocycles. The van der Waals surface area contributed by atoms with Crippen LogP contribution in [-0.4, -0.2) is 32.4 Å². The van der Waals surface area contributed by atoms with Gasteiger partial charge in [0.05, 0.1) is 18.8 Å². The Morgan fingerprint density at radius 1 is 1.42 bits per heavy atom. The highest BCUT2D eigenvalue weighted by Gasteiger charge is 2.34. The fourth-order valence-corrected chi connectivity index (χ4v) is 2.49. The van der Waals surface area contributed by atoms with E-state index < -0.39 is 17.8 Å². The van der Waals surface area contributed by atoms with Gasteiger partial charge in [-0.2, -0.15) is 13.2 Å². The lowest BCUT2D eigenvalue weighted by atomic mass is 10.0. The second-order valence-corrected chi connectivity index (χ2v) is 5.56. The molecule has 1 aliphatic heterocycles. The highest BCUT2D eigenvalue weighted by molar-refractivity contribution is 5.89. The first-order valence-electron chi connectivity index (χ1n) is 7.86.